The minimum absolute atomic E-state index is 0.0103. The number of amides is 4. The zero-order valence-corrected chi connectivity index (χ0v) is 14.3. The van der Waals surface area contributed by atoms with E-state index in [4.69, 9.17) is 34.8 Å². The highest BCUT2D eigenvalue weighted by molar-refractivity contribution is 6.37. The summed E-state index contributed by atoms with van der Waals surface area (Å²) in [4.78, 5) is 39.0. The smallest absolute Gasteiger partial charge is 0.284 e. The number of rotatable bonds is 2. The van der Waals surface area contributed by atoms with E-state index in [9.17, 15) is 14.4 Å². The number of hydrogen-bond acceptors (Lipinski definition) is 3. The van der Waals surface area contributed by atoms with E-state index in [1.165, 1.54) is 23.1 Å². The molecule has 1 fully saturated rings. The molecular weight excluding hydrogens is 375 g/mol. The first-order chi connectivity index (χ1) is 11.4. The molecule has 0 bridgehead atoms. The van der Waals surface area contributed by atoms with Crippen molar-refractivity contribution < 1.29 is 14.4 Å². The third-order valence-electron chi connectivity index (χ3n) is 3.47. The summed E-state index contributed by atoms with van der Waals surface area (Å²) in [6, 6.07) is 9.87. The van der Waals surface area contributed by atoms with Gasteiger partial charge in [-0.2, -0.15) is 4.90 Å². The molecule has 0 saturated carbocycles. The molecule has 24 heavy (non-hydrogen) atoms. The molecule has 2 aromatic rings. The number of benzene rings is 2. The first kappa shape index (κ1) is 16.8. The van der Waals surface area contributed by atoms with Crippen LogP contribution in [0.1, 0.15) is 10.4 Å². The van der Waals surface area contributed by atoms with Crippen LogP contribution < -0.4 is 4.90 Å². The van der Waals surface area contributed by atoms with E-state index in [1.807, 2.05) is 0 Å². The van der Waals surface area contributed by atoms with Crippen LogP contribution in [-0.4, -0.2) is 29.3 Å². The van der Waals surface area contributed by atoms with Crippen molar-refractivity contribution in [3.63, 3.8) is 0 Å². The van der Waals surface area contributed by atoms with Crippen molar-refractivity contribution in [2.75, 3.05) is 11.4 Å². The minimum atomic E-state index is -0.811. The van der Waals surface area contributed by atoms with Gasteiger partial charge < -0.3 is 0 Å². The number of urea groups is 1. The van der Waals surface area contributed by atoms with E-state index in [1.54, 1.807) is 24.3 Å². The number of anilines is 1. The summed E-state index contributed by atoms with van der Waals surface area (Å²) in [5, 5.41) is 0.877. The predicted octanol–water partition coefficient (Wildman–Crippen LogP) is 4.26. The summed E-state index contributed by atoms with van der Waals surface area (Å²) in [7, 11) is 0. The van der Waals surface area contributed by atoms with E-state index < -0.39 is 17.8 Å². The number of carbonyl (C=O) groups is 3. The third-order valence-corrected chi connectivity index (χ3v) is 4.28. The third kappa shape index (κ3) is 2.98. The molecule has 3 rings (SSSR count). The largest absolute Gasteiger partial charge is 0.338 e. The molecule has 2 aromatic carbocycles. The van der Waals surface area contributed by atoms with Crippen LogP contribution in [0.25, 0.3) is 0 Å². The molecule has 5 nitrogen and oxygen atoms in total. The SMILES string of the molecule is O=C1CN(c2ccc(Cl)cc2)C(=O)N1C(=O)c1cc(Cl)ccc1Cl. The van der Waals surface area contributed by atoms with Crippen LogP contribution in [0.2, 0.25) is 15.1 Å². The maximum atomic E-state index is 12.6. The average Bonchev–Trinajstić information content (AvgIpc) is 2.84. The fourth-order valence-corrected chi connectivity index (χ4v) is 2.80. The summed E-state index contributed by atoms with van der Waals surface area (Å²) < 4.78 is 0. The Labute approximate surface area is 152 Å². The molecule has 0 N–H and O–H groups in total. The number of halogens is 3. The van der Waals surface area contributed by atoms with Crippen molar-refractivity contribution in [2.24, 2.45) is 0 Å². The lowest BCUT2D eigenvalue weighted by Gasteiger charge is -2.16. The van der Waals surface area contributed by atoms with Crippen LogP contribution in [0.5, 0.6) is 0 Å². The van der Waals surface area contributed by atoms with Crippen LogP contribution in [-0.2, 0) is 4.79 Å². The second-order valence-electron chi connectivity index (χ2n) is 5.00. The van der Waals surface area contributed by atoms with Gasteiger partial charge in [-0.05, 0) is 42.5 Å². The highest BCUT2D eigenvalue weighted by Gasteiger charge is 2.42. The van der Waals surface area contributed by atoms with Gasteiger partial charge >= 0.3 is 6.03 Å². The average molecular weight is 384 g/mol. The van der Waals surface area contributed by atoms with E-state index in [-0.39, 0.29) is 22.2 Å². The van der Waals surface area contributed by atoms with Gasteiger partial charge in [0.05, 0.1) is 10.6 Å². The Balaban J connectivity index is 1.93. The van der Waals surface area contributed by atoms with Gasteiger partial charge in [-0.1, -0.05) is 34.8 Å². The Morgan fingerprint density at radius 3 is 2.21 bits per heavy atom. The fraction of sp³-hybridized carbons (Fsp3) is 0.0625. The van der Waals surface area contributed by atoms with Gasteiger partial charge in [0.15, 0.2) is 0 Å². The van der Waals surface area contributed by atoms with E-state index in [0.29, 0.717) is 15.6 Å². The van der Waals surface area contributed by atoms with Gasteiger partial charge in [0.2, 0.25) is 0 Å². The minimum Gasteiger partial charge on any atom is -0.284 e. The Hall–Kier alpha value is -2.08. The standard InChI is InChI=1S/C16H9Cl3N2O3/c17-9-1-4-11(5-2-9)20-8-14(22)21(16(20)24)15(23)12-7-10(18)3-6-13(12)19/h1-7H,8H2. The lowest BCUT2D eigenvalue weighted by molar-refractivity contribution is -0.123. The molecule has 0 atom stereocenters. The highest BCUT2D eigenvalue weighted by atomic mass is 35.5. The first-order valence-corrected chi connectivity index (χ1v) is 7.91. The van der Waals surface area contributed by atoms with Crippen molar-refractivity contribution in [3.05, 3.63) is 63.1 Å². The van der Waals surface area contributed by atoms with Crippen molar-refractivity contribution in [2.45, 2.75) is 0 Å². The molecule has 0 unspecified atom stereocenters. The molecule has 0 aliphatic carbocycles. The Morgan fingerprint density at radius 1 is 0.917 bits per heavy atom. The van der Waals surface area contributed by atoms with E-state index in [0.717, 1.165) is 0 Å². The molecule has 1 saturated heterocycles. The summed E-state index contributed by atoms with van der Waals surface area (Å²) in [6.45, 7) is -0.246. The van der Waals surface area contributed by atoms with E-state index >= 15 is 0 Å². The summed E-state index contributed by atoms with van der Waals surface area (Å²) in [5.41, 5.74) is 0.453. The Kier molecular flexibility index (Phi) is 4.49. The molecule has 1 heterocycles. The molecule has 4 amide bonds. The predicted molar refractivity (Wildman–Crippen MR) is 91.8 cm³/mol. The molecule has 8 heteroatoms. The zero-order valence-electron chi connectivity index (χ0n) is 12.0. The van der Waals surface area contributed by atoms with Crippen molar-refractivity contribution in [1.29, 1.82) is 0 Å². The van der Waals surface area contributed by atoms with Crippen LogP contribution in [0.15, 0.2) is 42.5 Å². The molecule has 0 aromatic heterocycles. The lowest BCUT2D eigenvalue weighted by atomic mass is 10.2. The molecule has 1 aliphatic rings. The highest BCUT2D eigenvalue weighted by Crippen LogP contribution is 2.27. The number of imide groups is 3. The Morgan fingerprint density at radius 2 is 1.54 bits per heavy atom. The number of hydrogen-bond donors (Lipinski definition) is 0. The number of nitrogens with zero attached hydrogens (tertiary/aromatic N) is 2. The van der Waals surface area contributed by atoms with Gasteiger partial charge in [-0.25, -0.2) is 4.79 Å². The molecular formula is C16H9Cl3N2O3. The van der Waals surface area contributed by atoms with Crippen molar-refractivity contribution >= 4 is 58.3 Å². The van der Waals surface area contributed by atoms with Crippen LogP contribution in [0, 0.1) is 0 Å². The van der Waals surface area contributed by atoms with Gasteiger partial charge in [-0.3, -0.25) is 14.5 Å². The lowest BCUT2D eigenvalue weighted by Crippen LogP contribution is -2.38. The summed E-state index contributed by atoms with van der Waals surface area (Å²) >= 11 is 17.6. The monoisotopic (exact) mass is 382 g/mol. The second-order valence-corrected chi connectivity index (χ2v) is 6.28. The molecule has 122 valence electrons. The second kappa shape index (κ2) is 6.43. The molecule has 1 aliphatic heterocycles. The van der Waals surface area contributed by atoms with Gasteiger partial charge in [-0.15, -0.1) is 0 Å². The maximum Gasteiger partial charge on any atom is 0.338 e. The topological polar surface area (TPSA) is 57.7 Å². The molecule has 0 spiro atoms. The van der Waals surface area contributed by atoms with Crippen LogP contribution in [0.3, 0.4) is 0 Å². The quantitative estimate of drug-likeness (QED) is 0.575. The first-order valence-electron chi connectivity index (χ1n) is 6.78. The zero-order chi connectivity index (χ0) is 17.4. The van der Waals surface area contributed by atoms with Crippen LogP contribution >= 0.6 is 34.8 Å². The van der Waals surface area contributed by atoms with Gasteiger partial charge in [0.1, 0.15) is 6.54 Å². The fourth-order valence-electron chi connectivity index (χ4n) is 2.31. The maximum absolute atomic E-state index is 12.6. The van der Waals surface area contributed by atoms with Gasteiger partial charge in [0, 0.05) is 15.7 Å². The van der Waals surface area contributed by atoms with Gasteiger partial charge in [0.25, 0.3) is 11.8 Å². The summed E-state index contributed by atoms with van der Waals surface area (Å²) in [5.74, 6) is -1.45. The summed E-state index contributed by atoms with van der Waals surface area (Å²) in [6.07, 6.45) is 0. The van der Waals surface area contributed by atoms with Crippen molar-refractivity contribution in [3.8, 4) is 0 Å². The Bertz CT molecular complexity index is 852. The van der Waals surface area contributed by atoms with E-state index in [2.05, 4.69) is 0 Å². The van der Waals surface area contributed by atoms with Crippen LogP contribution in [0.4, 0.5) is 10.5 Å². The van der Waals surface area contributed by atoms with Crippen molar-refractivity contribution in [1.82, 2.24) is 4.90 Å². The molecule has 0 radical (unpaired) electrons. The normalized spacial score (nSPS) is 14.5. The number of carbonyl (C=O) groups excluding carboxylic acids is 3.